The molecule has 2 unspecified atom stereocenters. The first-order valence-corrected chi connectivity index (χ1v) is 32.8. The van der Waals surface area contributed by atoms with Crippen LogP contribution in [0.1, 0.15) is 108 Å². The van der Waals surface area contributed by atoms with Crippen molar-refractivity contribution in [2.75, 3.05) is 112 Å². The van der Waals surface area contributed by atoms with Crippen LogP contribution in [0.2, 0.25) is 20.1 Å². The Bertz CT molecular complexity index is 2840. The smallest absolute Gasteiger partial charge is 0.314 e. The Labute approximate surface area is 494 Å². The summed E-state index contributed by atoms with van der Waals surface area (Å²) in [7, 11) is -3.26. The van der Waals surface area contributed by atoms with E-state index >= 15 is 0 Å². The Hall–Kier alpha value is -3.40. The second-order valence-corrected chi connectivity index (χ2v) is 27.8. The van der Waals surface area contributed by atoms with Crippen LogP contribution in [0.25, 0.3) is 0 Å². The van der Waals surface area contributed by atoms with E-state index < -0.39 is 19.9 Å². The first kappa shape index (κ1) is 62.6. The molecule has 4 aromatic carbocycles. The van der Waals surface area contributed by atoms with Crippen molar-refractivity contribution in [1.29, 1.82) is 0 Å². The minimum atomic E-state index is -3.80. The van der Waals surface area contributed by atoms with E-state index in [-0.39, 0.29) is 46.3 Å². The van der Waals surface area contributed by atoms with E-state index in [0.29, 0.717) is 135 Å². The molecule has 2 saturated heterocycles. The Balaban J connectivity index is 0.620. The van der Waals surface area contributed by atoms with E-state index in [1.165, 1.54) is 0 Å². The normalized spacial score (nSPS) is 20.2. The maximum Gasteiger partial charge on any atom is 0.314 e. The third-order valence-electron chi connectivity index (χ3n) is 16.1. The highest BCUT2D eigenvalue weighted by Crippen LogP contribution is 2.41. The van der Waals surface area contributed by atoms with Gasteiger partial charge >= 0.3 is 6.03 Å². The zero-order valence-electron chi connectivity index (χ0n) is 46.6. The molecule has 0 saturated carbocycles. The summed E-state index contributed by atoms with van der Waals surface area (Å²) in [5.74, 6) is 0.225. The number of aryl methyl sites for hydroxylation is 2. The number of amides is 2. The molecule has 0 spiro atoms. The van der Waals surface area contributed by atoms with Crippen LogP contribution in [0.4, 0.5) is 4.79 Å². The van der Waals surface area contributed by atoms with E-state index in [9.17, 15) is 26.4 Å². The molecule has 21 heteroatoms. The molecule has 4 aliphatic rings. The summed E-state index contributed by atoms with van der Waals surface area (Å²) >= 11 is 26.0. The molecule has 80 heavy (non-hydrogen) atoms. The Morgan fingerprint density at radius 3 is 1.80 bits per heavy atom. The summed E-state index contributed by atoms with van der Waals surface area (Å²) in [5, 5.41) is 8.07. The molecule has 15 nitrogen and oxygen atoms in total. The minimum Gasteiger partial charge on any atom is -0.380 e. The molecule has 0 bridgehead atoms. The number of likely N-dealkylation sites (tertiary alicyclic amines) is 2. The third kappa shape index (κ3) is 17.1. The molecule has 2 fully saturated rings. The number of sulfone groups is 1. The number of ether oxygens (including phenoxy) is 2. The highest BCUT2D eigenvalue weighted by atomic mass is 35.5. The van der Waals surface area contributed by atoms with Gasteiger partial charge in [-0.15, -0.1) is 0 Å². The fourth-order valence-electron chi connectivity index (χ4n) is 11.8. The second kappa shape index (κ2) is 28.9. The fourth-order valence-corrected chi connectivity index (χ4v) is 16.5. The van der Waals surface area contributed by atoms with Gasteiger partial charge in [0.2, 0.25) is 10.0 Å². The number of fused-ring (bicyclic) bond motifs is 2. The lowest BCUT2D eigenvalue weighted by molar-refractivity contribution is -0.119. The number of halogens is 4. The number of carbonyl (C=O) groups is 2. The number of Topliss-reactive ketones (excluding diaryl/α,β-unsaturated/α-hetero) is 1. The number of hydrogen-bond acceptors (Lipinski definition) is 12. The average molecular weight is 1220 g/mol. The number of sulfonamides is 1. The molecule has 3 N–H and O–H groups in total. The van der Waals surface area contributed by atoms with Crippen molar-refractivity contribution in [2.45, 2.75) is 106 Å². The van der Waals surface area contributed by atoms with Crippen molar-refractivity contribution in [2.24, 2.45) is 5.92 Å². The van der Waals surface area contributed by atoms with Crippen LogP contribution in [0, 0.1) is 19.8 Å². The monoisotopic (exact) mass is 1220 g/mol. The summed E-state index contributed by atoms with van der Waals surface area (Å²) in [6, 6.07) is 18.4. The number of hydrogen-bond donors (Lipinski definition) is 3. The Morgan fingerprint density at radius 2 is 1.16 bits per heavy atom. The fraction of sp³-hybridized carbons (Fsp3) is 0.559. The molecule has 438 valence electrons. The summed E-state index contributed by atoms with van der Waals surface area (Å²) in [6.07, 6.45) is 5.51. The first-order chi connectivity index (χ1) is 38.2. The largest absolute Gasteiger partial charge is 0.380 e. The Morgan fingerprint density at radius 1 is 0.613 bits per heavy atom. The number of unbranched alkanes of at least 4 members (excludes halogenated alkanes) is 2. The van der Waals surface area contributed by atoms with Crippen molar-refractivity contribution in [1.82, 2.24) is 35.0 Å². The van der Waals surface area contributed by atoms with Crippen molar-refractivity contribution in [3.05, 3.63) is 125 Å². The Kier molecular flexibility index (Phi) is 22.7. The summed E-state index contributed by atoms with van der Waals surface area (Å²) in [4.78, 5) is 34.4. The number of nitrogens with one attached hydrogen (secondary N) is 3. The van der Waals surface area contributed by atoms with Crippen LogP contribution in [0.15, 0.2) is 70.5 Å². The van der Waals surface area contributed by atoms with E-state index in [0.717, 1.165) is 90.8 Å². The van der Waals surface area contributed by atoms with Crippen LogP contribution in [-0.4, -0.2) is 166 Å². The van der Waals surface area contributed by atoms with Gasteiger partial charge in [-0.1, -0.05) is 77.1 Å². The summed E-state index contributed by atoms with van der Waals surface area (Å²) < 4.78 is 70.1. The standard InChI is InChI=1S/C59H79Cl4N7O8S2/c1-40-11-13-43(51-35-67(3)37-53-49(51)29-45(60)31-55(53)62)27-57(40)79(73,74)39-42-15-19-69(33-42)21-25-77-23-8-10-48(71)9-6-5-7-17-64-59(72)65-18-24-78-26-22-70-20-16-47(34-70)66-80(75,76)58-28-44(14-12-41(58)2)52-36-68(4)38-54-50(52)30-46(61)32-56(54)63/h11-14,27-32,42,47,51-52,66H,5-10,15-26,33-39H2,1-4H3,(H2,64,65,72)/t42-,47-,51?,52?/m0/s1. The van der Waals surface area contributed by atoms with Gasteiger partial charge in [-0.05, 0) is 160 Å². The van der Waals surface area contributed by atoms with Gasteiger partial charge in [0.15, 0.2) is 9.84 Å². The number of likely N-dealkylation sites (N-methyl/N-ethyl adjacent to an activating group) is 2. The van der Waals surface area contributed by atoms with Crippen molar-refractivity contribution in [3.8, 4) is 0 Å². The number of nitrogens with zero attached hydrogens (tertiary/aromatic N) is 4. The lowest BCUT2D eigenvalue weighted by Crippen LogP contribution is -2.38. The van der Waals surface area contributed by atoms with Crippen LogP contribution >= 0.6 is 46.4 Å². The van der Waals surface area contributed by atoms with E-state index in [4.69, 9.17) is 55.9 Å². The molecule has 4 atom stereocenters. The topological polar surface area (TPSA) is 170 Å². The van der Waals surface area contributed by atoms with Crippen molar-refractivity contribution >= 4 is 78.1 Å². The van der Waals surface area contributed by atoms with Gasteiger partial charge in [-0.3, -0.25) is 9.69 Å². The summed E-state index contributed by atoms with van der Waals surface area (Å²) in [5.41, 5.74) is 7.39. The SMILES string of the molecule is Cc1ccc(C2CN(C)Cc3c(Cl)cc(Cl)cc32)cc1S(=O)(=O)C[C@H]1CCN(CCOCCCC(=O)CCCCCNC(=O)NCCOCCN2CC[C@H](NS(=O)(=O)c3cc(C4CN(C)Cc5c(Cl)cc(Cl)cc54)ccc3C)C2)C1. The quantitative estimate of drug-likeness (QED) is 0.0485. The molecule has 0 aromatic heterocycles. The lowest BCUT2D eigenvalue weighted by Gasteiger charge is -2.33. The van der Waals surface area contributed by atoms with Crippen LogP contribution in [0.5, 0.6) is 0 Å². The molecule has 0 aliphatic carbocycles. The number of carbonyl (C=O) groups excluding carboxylic acids is 2. The molecular formula is C59H79Cl4N7O8S2. The van der Waals surface area contributed by atoms with Gasteiger partial charge in [0.1, 0.15) is 5.78 Å². The van der Waals surface area contributed by atoms with Crippen LogP contribution in [-0.2, 0) is 47.2 Å². The maximum atomic E-state index is 13.9. The highest BCUT2D eigenvalue weighted by molar-refractivity contribution is 7.91. The van der Waals surface area contributed by atoms with E-state index in [1.54, 1.807) is 18.2 Å². The molecular weight excluding hydrogens is 1140 g/mol. The first-order valence-electron chi connectivity index (χ1n) is 28.2. The van der Waals surface area contributed by atoms with Crippen molar-refractivity contribution in [3.63, 3.8) is 0 Å². The lowest BCUT2D eigenvalue weighted by atomic mass is 9.84. The average Bonchev–Trinajstić information content (AvgIpc) is 4.15. The molecule has 8 rings (SSSR count). The zero-order chi connectivity index (χ0) is 57.1. The third-order valence-corrected chi connectivity index (χ3v) is 20.8. The van der Waals surface area contributed by atoms with Gasteiger partial charge in [0, 0.05) is 123 Å². The van der Waals surface area contributed by atoms with Gasteiger partial charge in [0.05, 0.1) is 35.4 Å². The van der Waals surface area contributed by atoms with Gasteiger partial charge in [0.25, 0.3) is 0 Å². The van der Waals surface area contributed by atoms with Crippen molar-refractivity contribution < 1.29 is 35.9 Å². The van der Waals surface area contributed by atoms with Gasteiger partial charge in [-0.25, -0.2) is 26.4 Å². The van der Waals surface area contributed by atoms with E-state index in [2.05, 4.69) is 35.0 Å². The maximum absolute atomic E-state index is 13.9. The summed E-state index contributed by atoms with van der Waals surface area (Å²) in [6.45, 7) is 13.5. The predicted molar refractivity (Wildman–Crippen MR) is 319 cm³/mol. The molecule has 4 aromatic rings. The van der Waals surface area contributed by atoms with Crippen LogP contribution < -0.4 is 15.4 Å². The highest BCUT2D eigenvalue weighted by Gasteiger charge is 2.34. The van der Waals surface area contributed by atoms with Gasteiger partial charge in [-0.2, -0.15) is 0 Å². The zero-order valence-corrected chi connectivity index (χ0v) is 51.3. The number of ketones is 1. The molecule has 4 aliphatic heterocycles. The van der Waals surface area contributed by atoms with E-state index in [1.807, 2.05) is 70.4 Å². The number of urea groups is 1. The molecule has 0 radical (unpaired) electrons. The minimum absolute atomic E-state index is 0.0360. The number of rotatable bonds is 27. The molecule has 2 amide bonds. The molecule has 4 heterocycles. The van der Waals surface area contributed by atoms with Gasteiger partial charge < -0.3 is 34.8 Å². The predicted octanol–water partition coefficient (Wildman–Crippen LogP) is 9.46. The van der Waals surface area contributed by atoms with Crippen LogP contribution in [0.3, 0.4) is 0 Å². The second-order valence-electron chi connectivity index (χ2n) is 22.5. The number of benzene rings is 4.